The number of carbonyl (C=O) groups excluding carboxylic acids is 1. The Labute approximate surface area is 168 Å². The number of nitrogen functional groups attached to an aromatic ring is 1. The molecule has 1 amide bonds. The van der Waals surface area contributed by atoms with Crippen LogP contribution in [0, 0.1) is 0 Å². The minimum atomic E-state index is -0.0681. The zero-order chi connectivity index (χ0) is 19.8. The molecule has 0 unspecified atom stereocenters. The molecule has 9 nitrogen and oxygen atoms in total. The summed E-state index contributed by atoms with van der Waals surface area (Å²) < 4.78 is 1.57. The van der Waals surface area contributed by atoms with Crippen molar-refractivity contribution in [3.05, 3.63) is 36.5 Å². The summed E-state index contributed by atoms with van der Waals surface area (Å²) in [7, 11) is 0. The van der Waals surface area contributed by atoms with Crippen molar-refractivity contribution in [1.29, 1.82) is 0 Å². The second kappa shape index (κ2) is 7.40. The second-order valence-electron chi connectivity index (χ2n) is 7.77. The van der Waals surface area contributed by atoms with Crippen LogP contribution in [0.25, 0.3) is 16.9 Å². The van der Waals surface area contributed by atoms with E-state index in [9.17, 15) is 4.79 Å². The molecule has 0 saturated carbocycles. The van der Waals surface area contributed by atoms with Gasteiger partial charge in [-0.1, -0.05) is 0 Å². The number of hydrogen-bond acceptors (Lipinski definition) is 7. The smallest absolute Gasteiger partial charge is 0.261 e. The van der Waals surface area contributed by atoms with E-state index < -0.39 is 0 Å². The van der Waals surface area contributed by atoms with Crippen LogP contribution >= 0.6 is 0 Å². The lowest BCUT2D eigenvalue weighted by atomic mass is 10.2. The Morgan fingerprint density at radius 3 is 2.83 bits per heavy atom. The summed E-state index contributed by atoms with van der Waals surface area (Å²) >= 11 is 0. The Kier molecular flexibility index (Phi) is 4.59. The van der Waals surface area contributed by atoms with Crippen LogP contribution in [0.3, 0.4) is 0 Å². The lowest BCUT2D eigenvalue weighted by Gasteiger charge is -2.28. The Morgan fingerprint density at radius 2 is 2.03 bits per heavy atom. The molecule has 150 valence electrons. The zero-order valence-corrected chi connectivity index (χ0v) is 16.2. The van der Waals surface area contributed by atoms with Gasteiger partial charge >= 0.3 is 0 Å². The molecule has 0 aliphatic carbocycles. The number of nitrogens with zero attached hydrogens (tertiary/aromatic N) is 7. The van der Waals surface area contributed by atoms with Crippen molar-refractivity contribution < 1.29 is 4.79 Å². The van der Waals surface area contributed by atoms with Crippen LogP contribution in [0.1, 0.15) is 36.0 Å². The number of rotatable bonds is 4. The number of aromatic nitrogens is 5. The molecule has 3 aromatic heterocycles. The highest BCUT2D eigenvalue weighted by molar-refractivity contribution is 6.04. The summed E-state index contributed by atoms with van der Waals surface area (Å²) in [6, 6.07) is 2.03. The highest BCUT2D eigenvalue weighted by Crippen LogP contribution is 2.27. The summed E-state index contributed by atoms with van der Waals surface area (Å²) in [5.41, 5.74) is 8.57. The van der Waals surface area contributed by atoms with Crippen molar-refractivity contribution in [2.45, 2.75) is 31.7 Å². The third-order valence-corrected chi connectivity index (χ3v) is 5.90. The first-order chi connectivity index (χ1) is 14.2. The van der Waals surface area contributed by atoms with Crippen LogP contribution in [-0.2, 0) is 0 Å². The van der Waals surface area contributed by atoms with E-state index in [-0.39, 0.29) is 17.8 Å². The molecular formula is C20H24N8O. The molecule has 0 bridgehead atoms. The van der Waals surface area contributed by atoms with Gasteiger partial charge in [0, 0.05) is 43.3 Å². The Hall–Kier alpha value is -3.07. The fraction of sp³-hybridized carbons (Fsp3) is 0.450. The van der Waals surface area contributed by atoms with Gasteiger partial charge < -0.3 is 15.5 Å². The van der Waals surface area contributed by atoms with E-state index in [1.807, 2.05) is 4.90 Å². The first-order valence-corrected chi connectivity index (χ1v) is 10.1. The maximum Gasteiger partial charge on any atom is 0.261 e. The summed E-state index contributed by atoms with van der Waals surface area (Å²) in [5.74, 6) is 0.149. The minimum absolute atomic E-state index is 0.0681. The van der Waals surface area contributed by atoms with Gasteiger partial charge in [-0.3, -0.25) is 4.79 Å². The zero-order valence-electron chi connectivity index (χ0n) is 16.2. The van der Waals surface area contributed by atoms with Crippen molar-refractivity contribution in [2.75, 3.05) is 31.9 Å². The van der Waals surface area contributed by atoms with Crippen molar-refractivity contribution >= 4 is 17.4 Å². The third kappa shape index (κ3) is 3.31. The van der Waals surface area contributed by atoms with Gasteiger partial charge in [-0.25, -0.2) is 19.5 Å². The summed E-state index contributed by atoms with van der Waals surface area (Å²) in [6.45, 7) is 3.96. The van der Waals surface area contributed by atoms with Crippen LogP contribution in [-0.4, -0.2) is 72.5 Å². The van der Waals surface area contributed by atoms with Gasteiger partial charge in [-0.2, -0.15) is 0 Å². The van der Waals surface area contributed by atoms with E-state index in [1.54, 1.807) is 29.2 Å². The molecule has 5 rings (SSSR count). The van der Waals surface area contributed by atoms with Crippen molar-refractivity contribution in [1.82, 2.24) is 34.4 Å². The van der Waals surface area contributed by atoms with Gasteiger partial charge in [0.2, 0.25) is 0 Å². The molecule has 5 heterocycles. The topological polar surface area (TPSA) is 106 Å². The van der Waals surface area contributed by atoms with E-state index in [0.29, 0.717) is 11.2 Å². The molecule has 0 aromatic carbocycles. The first kappa shape index (κ1) is 18.0. The number of anilines is 1. The number of fused-ring (bicyclic) bond motifs is 1. The number of nitrogens with two attached hydrogens (primary N) is 1. The van der Waals surface area contributed by atoms with Crippen molar-refractivity contribution in [3.8, 4) is 11.3 Å². The number of amides is 1. The number of hydrogen-bond donors (Lipinski definition) is 1. The highest BCUT2D eigenvalue weighted by atomic mass is 16.2. The SMILES string of the molecule is Nc1nn2cc(-c3ccncn3)cnc2c1C(=O)N1CCC[C@H]1CN1CCCC1. The molecule has 0 radical (unpaired) electrons. The Balaban J connectivity index is 1.44. The lowest BCUT2D eigenvalue weighted by Crippen LogP contribution is -2.42. The molecule has 1 atom stereocenters. The average molecular weight is 392 g/mol. The summed E-state index contributed by atoms with van der Waals surface area (Å²) in [5, 5.41) is 4.35. The molecule has 3 aromatic rings. The molecule has 2 fully saturated rings. The molecule has 2 aliphatic heterocycles. The van der Waals surface area contributed by atoms with E-state index in [1.165, 1.54) is 19.2 Å². The predicted octanol–water partition coefficient (Wildman–Crippen LogP) is 1.47. The van der Waals surface area contributed by atoms with Crippen molar-refractivity contribution in [3.63, 3.8) is 0 Å². The standard InChI is InChI=1S/C20H24N8O/c21-18-17(20(29)27-9-3-4-15(27)12-26-7-1-2-8-26)19-23-10-14(11-28(19)25-18)16-5-6-22-13-24-16/h5-6,10-11,13,15H,1-4,7-9,12H2,(H2,21,25)/t15-/m0/s1. The number of likely N-dealkylation sites (tertiary alicyclic amines) is 2. The van der Waals surface area contributed by atoms with Gasteiger partial charge in [0.15, 0.2) is 11.5 Å². The molecule has 0 spiro atoms. The van der Waals surface area contributed by atoms with Crippen LogP contribution in [0.4, 0.5) is 5.82 Å². The minimum Gasteiger partial charge on any atom is -0.381 e. The average Bonchev–Trinajstić information content (AvgIpc) is 3.48. The quantitative estimate of drug-likeness (QED) is 0.717. The maximum atomic E-state index is 13.4. The van der Waals surface area contributed by atoms with E-state index >= 15 is 0 Å². The van der Waals surface area contributed by atoms with Crippen LogP contribution in [0.2, 0.25) is 0 Å². The van der Waals surface area contributed by atoms with E-state index in [0.717, 1.165) is 50.3 Å². The predicted molar refractivity (Wildman–Crippen MR) is 108 cm³/mol. The van der Waals surface area contributed by atoms with Gasteiger partial charge in [0.05, 0.1) is 5.69 Å². The van der Waals surface area contributed by atoms with E-state index in [4.69, 9.17) is 5.73 Å². The van der Waals surface area contributed by atoms with Gasteiger partial charge in [-0.05, 0) is 44.8 Å². The summed E-state index contributed by atoms with van der Waals surface area (Å²) in [6.07, 6.45) is 11.2. The Morgan fingerprint density at radius 1 is 1.17 bits per heavy atom. The van der Waals surface area contributed by atoms with Crippen molar-refractivity contribution in [2.24, 2.45) is 0 Å². The van der Waals surface area contributed by atoms with Gasteiger partial charge in [0.25, 0.3) is 5.91 Å². The molecule has 2 aliphatic rings. The number of carbonyl (C=O) groups is 1. The first-order valence-electron chi connectivity index (χ1n) is 10.1. The fourth-order valence-corrected chi connectivity index (χ4v) is 4.45. The van der Waals surface area contributed by atoms with Gasteiger partial charge in [0.1, 0.15) is 11.9 Å². The largest absolute Gasteiger partial charge is 0.381 e. The maximum absolute atomic E-state index is 13.4. The lowest BCUT2D eigenvalue weighted by molar-refractivity contribution is 0.0711. The Bertz CT molecular complexity index is 1030. The second-order valence-corrected chi connectivity index (χ2v) is 7.77. The van der Waals surface area contributed by atoms with E-state index in [2.05, 4.69) is 25.0 Å². The molecule has 2 saturated heterocycles. The van der Waals surface area contributed by atoms with Crippen LogP contribution in [0.15, 0.2) is 31.0 Å². The molecule has 29 heavy (non-hydrogen) atoms. The fourth-order valence-electron chi connectivity index (χ4n) is 4.45. The third-order valence-electron chi connectivity index (χ3n) is 5.90. The monoisotopic (exact) mass is 392 g/mol. The molecule has 9 heteroatoms. The summed E-state index contributed by atoms with van der Waals surface area (Å²) in [4.78, 5) is 30.5. The van der Waals surface area contributed by atoms with Crippen LogP contribution in [0.5, 0.6) is 0 Å². The van der Waals surface area contributed by atoms with Crippen LogP contribution < -0.4 is 5.73 Å². The van der Waals surface area contributed by atoms with Gasteiger partial charge in [-0.15, -0.1) is 5.10 Å². The molecule has 2 N–H and O–H groups in total. The molecular weight excluding hydrogens is 368 g/mol. The highest BCUT2D eigenvalue weighted by Gasteiger charge is 2.34. The normalized spacial score (nSPS) is 20.0.